The second-order valence-corrected chi connectivity index (χ2v) is 7.26. The van der Waals surface area contributed by atoms with E-state index in [1.54, 1.807) is 11.8 Å². The molecule has 0 saturated heterocycles. The highest BCUT2D eigenvalue weighted by atomic mass is 35.5. The number of thioether (sulfide) groups is 1. The van der Waals surface area contributed by atoms with Crippen LogP contribution in [0.1, 0.15) is 11.1 Å². The van der Waals surface area contributed by atoms with E-state index in [9.17, 15) is 4.79 Å². The number of imidazole rings is 1. The van der Waals surface area contributed by atoms with Crippen LogP contribution in [0, 0.1) is 6.92 Å². The Hall–Kier alpha value is -2.57. The average molecular weight is 383 g/mol. The maximum atomic E-state index is 12.1. The number of aromatic nitrogens is 4. The minimum atomic E-state index is -0.241. The van der Waals surface area contributed by atoms with Crippen molar-refractivity contribution in [1.29, 1.82) is 0 Å². The van der Waals surface area contributed by atoms with Crippen LogP contribution in [0.4, 0.5) is 0 Å². The van der Waals surface area contributed by atoms with Gasteiger partial charge in [-0.05, 0) is 36.8 Å². The highest BCUT2D eigenvalue weighted by Crippen LogP contribution is 2.28. The van der Waals surface area contributed by atoms with Crippen molar-refractivity contribution in [2.75, 3.05) is 0 Å². The van der Waals surface area contributed by atoms with Crippen molar-refractivity contribution in [2.45, 2.75) is 17.8 Å². The number of hydrogen-bond donors (Lipinski definition) is 1. The highest BCUT2D eigenvalue weighted by Gasteiger charge is 2.16. The predicted molar refractivity (Wildman–Crippen MR) is 105 cm³/mol. The summed E-state index contributed by atoms with van der Waals surface area (Å²) in [6.45, 7) is 2.04. The molecule has 0 amide bonds. The summed E-state index contributed by atoms with van der Waals surface area (Å²) >= 11 is 7.50. The lowest BCUT2D eigenvalue weighted by molar-refractivity contribution is 0.907. The Morgan fingerprint density at radius 2 is 1.85 bits per heavy atom. The topological polar surface area (TPSA) is 63.6 Å². The molecule has 130 valence electrons. The fourth-order valence-electron chi connectivity index (χ4n) is 2.64. The number of H-pyrrole nitrogens is 1. The predicted octanol–water partition coefficient (Wildman–Crippen LogP) is 4.36. The maximum Gasteiger partial charge on any atom is 0.278 e. The molecule has 7 heteroatoms. The summed E-state index contributed by atoms with van der Waals surface area (Å²) < 4.78 is 1.92. The number of nitrogens with zero attached hydrogens (tertiary/aromatic N) is 3. The van der Waals surface area contributed by atoms with E-state index in [2.05, 4.69) is 15.0 Å². The van der Waals surface area contributed by atoms with E-state index in [0.717, 1.165) is 16.4 Å². The first-order valence-electron chi connectivity index (χ1n) is 8.02. The molecule has 0 aliphatic heterocycles. The Balaban J connectivity index is 1.78. The Labute approximate surface area is 159 Å². The SMILES string of the molecule is Cc1ccc(-n2c(SCc3ccc(Cl)cc3)nc3c(=O)[nH]cnc32)cc1. The van der Waals surface area contributed by atoms with E-state index in [0.29, 0.717) is 21.9 Å². The smallest absolute Gasteiger partial charge is 0.278 e. The van der Waals surface area contributed by atoms with Gasteiger partial charge in [0, 0.05) is 16.5 Å². The Kier molecular flexibility index (Phi) is 4.53. The number of benzene rings is 2. The number of aromatic amines is 1. The summed E-state index contributed by atoms with van der Waals surface area (Å²) in [5.74, 6) is 0.713. The lowest BCUT2D eigenvalue weighted by Crippen LogP contribution is -2.07. The summed E-state index contributed by atoms with van der Waals surface area (Å²) in [6.07, 6.45) is 1.41. The van der Waals surface area contributed by atoms with Crippen molar-refractivity contribution in [2.24, 2.45) is 0 Å². The molecule has 5 nitrogen and oxygen atoms in total. The van der Waals surface area contributed by atoms with Gasteiger partial charge in [0.25, 0.3) is 5.56 Å². The second kappa shape index (κ2) is 6.97. The molecule has 0 atom stereocenters. The van der Waals surface area contributed by atoms with E-state index in [-0.39, 0.29) is 5.56 Å². The molecule has 0 spiro atoms. The van der Waals surface area contributed by atoms with E-state index in [4.69, 9.17) is 11.6 Å². The first-order valence-corrected chi connectivity index (χ1v) is 9.38. The number of fused-ring (bicyclic) bond motifs is 1. The minimum Gasteiger partial charge on any atom is -0.311 e. The first kappa shape index (κ1) is 16.9. The van der Waals surface area contributed by atoms with Crippen LogP contribution in [-0.4, -0.2) is 19.5 Å². The van der Waals surface area contributed by atoms with Gasteiger partial charge in [0.05, 0.1) is 6.33 Å². The third-order valence-corrected chi connectivity index (χ3v) is 5.25. The molecular formula is C19H15ClN4OS. The zero-order valence-corrected chi connectivity index (χ0v) is 15.5. The molecule has 0 saturated carbocycles. The molecule has 0 aliphatic carbocycles. The molecule has 0 radical (unpaired) electrons. The van der Waals surface area contributed by atoms with E-state index < -0.39 is 0 Å². The van der Waals surface area contributed by atoms with Gasteiger partial charge in [-0.1, -0.05) is 53.2 Å². The third kappa shape index (κ3) is 3.25. The summed E-state index contributed by atoms with van der Waals surface area (Å²) in [4.78, 5) is 23.6. The molecule has 4 rings (SSSR count). The van der Waals surface area contributed by atoms with Gasteiger partial charge in [-0.15, -0.1) is 0 Å². The van der Waals surface area contributed by atoms with Gasteiger partial charge >= 0.3 is 0 Å². The minimum absolute atomic E-state index is 0.241. The number of aryl methyl sites for hydroxylation is 1. The van der Waals surface area contributed by atoms with Crippen LogP contribution >= 0.6 is 23.4 Å². The van der Waals surface area contributed by atoms with Gasteiger partial charge in [-0.25, -0.2) is 9.97 Å². The lowest BCUT2D eigenvalue weighted by Gasteiger charge is -2.09. The highest BCUT2D eigenvalue weighted by molar-refractivity contribution is 7.98. The molecule has 2 aromatic heterocycles. The number of halogens is 1. The number of rotatable bonds is 4. The fourth-order valence-corrected chi connectivity index (χ4v) is 3.73. The molecular weight excluding hydrogens is 368 g/mol. The zero-order valence-electron chi connectivity index (χ0n) is 13.9. The Morgan fingerprint density at radius 1 is 1.12 bits per heavy atom. The van der Waals surface area contributed by atoms with Gasteiger partial charge in [-0.2, -0.15) is 0 Å². The van der Waals surface area contributed by atoms with Gasteiger partial charge < -0.3 is 4.98 Å². The third-order valence-electron chi connectivity index (χ3n) is 3.99. The lowest BCUT2D eigenvalue weighted by atomic mass is 10.2. The van der Waals surface area contributed by atoms with Gasteiger partial charge in [0.2, 0.25) is 0 Å². The van der Waals surface area contributed by atoms with Gasteiger partial charge in [-0.3, -0.25) is 9.36 Å². The standard InChI is InChI=1S/C19H15ClN4OS/c1-12-2-8-15(9-3-12)24-17-16(18(25)22-11-21-17)23-19(24)26-10-13-4-6-14(20)7-5-13/h2-9,11H,10H2,1H3,(H,21,22,25). The van der Waals surface area contributed by atoms with Crippen LogP contribution < -0.4 is 5.56 Å². The Morgan fingerprint density at radius 3 is 2.58 bits per heavy atom. The monoisotopic (exact) mass is 382 g/mol. The molecule has 4 aromatic rings. The average Bonchev–Trinajstić information content (AvgIpc) is 3.02. The number of hydrogen-bond acceptors (Lipinski definition) is 4. The fraction of sp³-hybridized carbons (Fsp3) is 0.105. The Bertz CT molecular complexity index is 1120. The first-order chi connectivity index (χ1) is 12.6. The quantitative estimate of drug-likeness (QED) is 0.532. The van der Waals surface area contributed by atoms with Crippen LogP contribution in [-0.2, 0) is 5.75 Å². The van der Waals surface area contributed by atoms with Gasteiger partial charge in [0.1, 0.15) is 0 Å². The van der Waals surface area contributed by atoms with Crippen molar-refractivity contribution in [3.05, 3.63) is 81.4 Å². The van der Waals surface area contributed by atoms with Crippen LogP contribution in [0.3, 0.4) is 0 Å². The van der Waals surface area contributed by atoms with E-state index >= 15 is 0 Å². The normalized spacial score (nSPS) is 11.2. The summed E-state index contributed by atoms with van der Waals surface area (Å²) in [5.41, 5.74) is 3.87. The zero-order chi connectivity index (χ0) is 18.1. The van der Waals surface area contributed by atoms with Crippen molar-refractivity contribution < 1.29 is 0 Å². The number of nitrogens with one attached hydrogen (secondary N) is 1. The van der Waals surface area contributed by atoms with E-state index in [1.807, 2.05) is 60.0 Å². The molecule has 1 N–H and O–H groups in total. The van der Waals surface area contributed by atoms with Crippen LogP contribution in [0.25, 0.3) is 16.9 Å². The molecule has 0 bridgehead atoms. The molecule has 2 aromatic carbocycles. The molecule has 0 fully saturated rings. The largest absolute Gasteiger partial charge is 0.311 e. The van der Waals surface area contributed by atoms with Crippen molar-refractivity contribution in [3.63, 3.8) is 0 Å². The van der Waals surface area contributed by atoms with Crippen molar-refractivity contribution in [1.82, 2.24) is 19.5 Å². The molecule has 26 heavy (non-hydrogen) atoms. The summed E-state index contributed by atoms with van der Waals surface area (Å²) in [6, 6.07) is 15.8. The maximum absolute atomic E-state index is 12.1. The van der Waals surface area contributed by atoms with E-state index in [1.165, 1.54) is 11.9 Å². The molecule has 0 aliphatic rings. The van der Waals surface area contributed by atoms with Crippen molar-refractivity contribution >= 4 is 34.5 Å². The molecule has 2 heterocycles. The second-order valence-electron chi connectivity index (χ2n) is 5.88. The van der Waals surface area contributed by atoms with Crippen LogP contribution in [0.15, 0.2) is 64.8 Å². The van der Waals surface area contributed by atoms with Crippen molar-refractivity contribution in [3.8, 4) is 5.69 Å². The van der Waals surface area contributed by atoms with Gasteiger partial charge in [0.15, 0.2) is 16.3 Å². The van der Waals surface area contributed by atoms with Crippen LogP contribution in [0.2, 0.25) is 5.02 Å². The van der Waals surface area contributed by atoms with Crippen LogP contribution in [0.5, 0.6) is 0 Å². The summed E-state index contributed by atoms with van der Waals surface area (Å²) in [5, 5.41) is 1.43. The summed E-state index contributed by atoms with van der Waals surface area (Å²) in [7, 11) is 0. The molecule has 0 unspecified atom stereocenters.